The largest absolute Gasteiger partial charge is 0.361 e. The summed E-state index contributed by atoms with van der Waals surface area (Å²) in [5, 5.41) is 1.19. The van der Waals surface area contributed by atoms with Crippen LogP contribution in [0.4, 0.5) is 10.1 Å². The number of rotatable bonds is 3. The Hall–Kier alpha value is -3.41. The number of H-pyrrole nitrogens is 1. The van der Waals surface area contributed by atoms with Crippen molar-refractivity contribution < 1.29 is 14.0 Å². The van der Waals surface area contributed by atoms with E-state index in [0.717, 1.165) is 11.9 Å². The summed E-state index contributed by atoms with van der Waals surface area (Å²) in [6, 6.07) is 14.0. The smallest absolute Gasteiger partial charge is 0.228 e. The molecule has 2 aliphatic heterocycles. The lowest BCUT2D eigenvalue weighted by atomic mass is 9.98. The van der Waals surface area contributed by atoms with E-state index in [4.69, 9.17) is 0 Å². The molecule has 0 unspecified atom stereocenters. The maximum Gasteiger partial charge on any atom is 0.228 e. The van der Waals surface area contributed by atoms with Crippen LogP contribution in [0, 0.1) is 11.7 Å². The fourth-order valence-corrected chi connectivity index (χ4v) is 4.45. The van der Waals surface area contributed by atoms with E-state index in [1.165, 1.54) is 28.7 Å². The van der Waals surface area contributed by atoms with Crippen molar-refractivity contribution in [3.63, 3.8) is 0 Å². The molecule has 0 bridgehead atoms. The Balaban J connectivity index is 1.28. The summed E-state index contributed by atoms with van der Waals surface area (Å²) in [7, 11) is 0. The zero-order chi connectivity index (χ0) is 20.7. The van der Waals surface area contributed by atoms with Crippen molar-refractivity contribution in [1.29, 1.82) is 0 Å². The van der Waals surface area contributed by atoms with E-state index in [1.807, 2.05) is 23.2 Å². The maximum atomic E-state index is 13.2. The van der Waals surface area contributed by atoms with Gasteiger partial charge in [0.25, 0.3) is 0 Å². The lowest BCUT2D eigenvalue weighted by Crippen LogP contribution is -2.39. The van der Waals surface area contributed by atoms with E-state index in [0.29, 0.717) is 25.3 Å². The molecule has 0 saturated carbocycles. The molecule has 1 saturated heterocycles. The average molecular weight is 403 g/mol. The predicted molar refractivity (Wildman–Crippen MR) is 114 cm³/mol. The van der Waals surface area contributed by atoms with Crippen LogP contribution in [0.1, 0.15) is 18.4 Å². The van der Waals surface area contributed by atoms with Gasteiger partial charge in [0.2, 0.25) is 11.8 Å². The van der Waals surface area contributed by atoms with Crippen LogP contribution < -0.4 is 4.90 Å². The van der Waals surface area contributed by atoms with Crippen LogP contribution in [-0.4, -0.2) is 41.3 Å². The first-order valence-corrected chi connectivity index (χ1v) is 10.2. The number of nitrogens with one attached hydrogen (secondary N) is 1. The number of benzene rings is 2. The van der Waals surface area contributed by atoms with Crippen molar-refractivity contribution >= 4 is 34.0 Å². The van der Waals surface area contributed by atoms with Gasteiger partial charge in [-0.25, -0.2) is 4.39 Å². The number of hydrogen-bond donors (Lipinski definition) is 1. The first-order chi connectivity index (χ1) is 14.6. The van der Waals surface area contributed by atoms with Gasteiger partial charge in [-0.1, -0.05) is 24.3 Å². The fourth-order valence-electron chi connectivity index (χ4n) is 4.45. The number of hydrogen-bond acceptors (Lipinski definition) is 2. The molecule has 0 spiro atoms. The molecule has 1 N–H and O–H groups in total. The summed E-state index contributed by atoms with van der Waals surface area (Å²) in [6.07, 6.45) is 5.14. The van der Waals surface area contributed by atoms with Gasteiger partial charge in [-0.05, 0) is 42.3 Å². The molecule has 3 aromatic rings. The standard InChI is InChI=1S/C24H22FN3O2/c25-18-5-7-19(8-6-18)28-15-17(13-23(28)29)24(30)27-11-9-16(10-12-27)21-14-26-22-4-2-1-3-20(21)22/h1-9,14,17,26H,10-13,15H2/t17-/m1/s1. The van der Waals surface area contributed by atoms with E-state index in [1.54, 1.807) is 17.0 Å². The fraction of sp³-hybridized carbons (Fsp3) is 0.250. The molecule has 5 nitrogen and oxygen atoms in total. The number of nitrogens with zero attached hydrogens (tertiary/aromatic N) is 2. The van der Waals surface area contributed by atoms with E-state index in [-0.39, 0.29) is 30.0 Å². The van der Waals surface area contributed by atoms with Gasteiger partial charge in [-0.3, -0.25) is 9.59 Å². The highest BCUT2D eigenvalue weighted by molar-refractivity contribution is 6.00. The molecular weight excluding hydrogens is 381 g/mol. The van der Waals surface area contributed by atoms with E-state index in [2.05, 4.69) is 23.2 Å². The Morgan fingerprint density at radius 3 is 2.67 bits per heavy atom. The molecular formula is C24H22FN3O2. The molecule has 3 heterocycles. The second-order valence-corrected chi connectivity index (χ2v) is 7.89. The third-order valence-electron chi connectivity index (χ3n) is 6.07. The summed E-state index contributed by atoms with van der Waals surface area (Å²) >= 11 is 0. The summed E-state index contributed by atoms with van der Waals surface area (Å²) < 4.78 is 13.2. The van der Waals surface area contributed by atoms with Gasteiger partial charge in [0.1, 0.15) is 5.82 Å². The zero-order valence-corrected chi connectivity index (χ0v) is 16.5. The Bertz CT molecular complexity index is 1150. The van der Waals surface area contributed by atoms with E-state index < -0.39 is 0 Å². The summed E-state index contributed by atoms with van der Waals surface area (Å²) in [5.74, 6) is -0.774. The average Bonchev–Trinajstić information content (AvgIpc) is 3.38. The van der Waals surface area contributed by atoms with E-state index >= 15 is 0 Å². The molecule has 152 valence electrons. The molecule has 2 aliphatic rings. The lowest BCUT2D eigenvalue weighted by Gasteiger charge is -2.28. The van der Waals surface area contributed by atoms with Gasteiger partial charge in [-0.2, -0.15) is 0 Å². The topological polar surface area (TPSA) is 56.4 Å². The highest BCUT2D eigenvalue weighted by atomic mass is 19.1. The third-order valence-corrected chi connectivity index (χ3v) is 6.07. The van der Waals surface area contributed by atoms with Crippen LogP contribution in [-0.2, 0) is 9.59 Å². The predicted octanol–water partition coefficient (Wildman–Crippen LogP) is 3.98. The van der Waals surface area contributed by atoms with Crippen molar-refractivity contribution in [3.8, 4) is 0 Å². The first-order valence-electron chi connectivity index (χ1n) is 10.2. The number of aromatic nitrogens is 1. The van der Waals surface area contributed by atoms with Gasteiger partial charge in [0, 0.05) is 54.4 Å². The zero-order valence-electron chi connectivity index (χ0n) is 16.5. The number of carbonyl (C=O) groups is 2. The number of anilines is 1. The van der Waals surface area contributed by atoms with Crippen LogP contribution in [0.2, 0.25) is 0 Å². The molecule has 2 aromatic carbocycles. The summed E-state index contributed by atoms with van der Waals surface area (Å²) in [4.78, 5) is 32.2. The lowest BCUT2D eigenvalue weighted by molar-refractivity contribution is -0.135. The Morgan fingerprint density at radius 1 is 1.10 bits per heavy atom. The number of para-hydroxylation sites is 1. The molecule has 1 fully saturated rings. The van der Waals surface area contributed by atoms with Crippen LogP contribution in [0.25, 0.3) is 16.5 Å². The number of fused-ring (bicyclic) bond motifs is 1. The van der Waals surface area contributed by atoms with Crippen molar-refractivity contribution in [1.82, 2.24) is 9.88 Å². The van der Waals surface area contributed by atoms with Crippen molar-refractivity contribution in [2.24, 2.45) is 5.92 Å². The number of carbonyl (C=O) groups excluding carboxylic acids is 2. The highest BCUT2D eigenvalue weighted by Gasteiger charge is 2.37. The number of halogens is 1. The summed E-state index contributed by atoms with van der Waals surface area (Å²) in [5.41, 5.74) is 4.18. The quantitative estimate of drug-likeness (QED) is 0.719. The van der Waals surface area contributed by atoms with Gasteiger partial charge in [-0.15, -0.1) is 0 Å². The van der Waals surface area contributed by atoms with Gasteiger partial charge < -0.3 is 14.8 Å². The van der Waals surface area contributed by atoms with Gasteiger partial charge in [0.15, 0.2) is 0 Å². The third kappa shape index (κ3) is 3.28. The van der Waals surface area contributed by atoms with Crippen LogP contribution in [0.3, 0.4) is 0 Å². The molecule has 1 atom stereocenters. The minimum Gasteiger partial charge on any atom is -0.361 e. The molecule has 6 heteroatoms. The Kier molecular flexibility index (Phi) is 4.62. The molecule has 1 aromatic heterocycles. The molecule has 2 amide bonds. The highest BCUT2D eigenvalue weighted by Crippen LogP contribution is 2.31. The van der Waals surface area contributed by atoms with Gasteiger partial charge in [0.05, 0.1) is 5.92 Å². The van der Waals surface area contributed by atoms with Crippen LogP contribution in [0.5, 0.6) is 0 Å². The summed E-state index contributed by atoms with van der Waals surface area (Å²) in [6.45, 7) is 1.54. The molecule has 5 rings (SSSR count). The van der Waals surface area contributed by atoms with Crippen LogP contribution >= 0.6 is 0 Å². The molecule has 0 aliphatic carbocycles. The molecule has 30 heavy (non-hydrogen) atoms. The van der Waals surface area contributed by atoms with Crippen LogP contribution in [0.15, 0.2) is 60.8 Å². The number of amides is 2. The SMILES string of the molecule is O=C([C@@H]1CC(=O)N(c2ccc(F)cc2)C1)N1CC=C(c2c[nH]c3ccccc23)CC1. The van der Waals surface area contributed by atoms with E-state index in [9.17, 15) is 14.0 Å². The van der Waals surface area contributed by atoms with Crippen molar-refractivity contribution in [2.45, 2.75) is 12.8 Å². The minimum absolute atomic E-state index is 0.0159. The Labute approximate surface area is 173 Å². The first kappa shape index (κ1) is 18.6. The maximum absolute atomic E-state index is 13.2. The normalized spacial score (nSPS) is 19.4. The second kappa shape index (κ2) is 7.44. The van der Waals surface area contributed by atoms with Crippen molar-refractivity contribution in [3.05, 3.63) is 72.2 Å². The minimum atomic E-state index is -0.356. The molecule has 0 radical (unpaired) electrons. The Morgan fingerprint density at radius 2 is 1.90 bits per heavy atom. The second-order valence-electron chi connectivity index (χ2n) is 7.89. The number of aromatic amines is 1. The van der Waals surface area contributed by atoms with Gasteiger partial charge >= 0.3 is 0 Å². The van der Waals surface area contributed by atoms with Crippen molar-refractivity contribution in [2.75, 3.05) is 24.5 Å². The monoisotopic (exact) mass is 403 g/mol.